The van der Waals surface area contributed by atoms with Gasteiger partial charge in [-0.3, -0.25) is 0 Å². The van der Waals surface area contributed by atoms with Gasteiger partial charge < -0.3 is 0 Å². The maximum Gasteiger partial charge on any atom is 0.187 e. The van der Waals surface area contributed by atoms with Crippen LogP contribution in [-0.2, 0) is 17.1 Å². The van der Waals surface area contributed by atoms with E-state index < -0.39 is 0 Å². The minimum Gasteiger partial charge on any atom is -0.0304 e. The summed E-state index contributed by atoms with van der Waals surface area (Å²) in [7, 11) is 3.44. The monoisotopic (exact) mass is 130 g/mol. The molecule has 4 heavy (non-hydrogen) atoms. The molecule has 0 saturated carbocycles. The van der Waals surface area contributed by atoms with Crippen molar-refractivity contribution < 1.29 is 17.1 Å². The first-order valence-corrected chi connectivity index (χ1v) is 3.00. The fraction of sp³-hybridized carbons (Fsp3) is 0. The molecule has 0 aromatic rings. The minimum atomic E-state index is 0. The van der Waals surface area contributed by atoms with Gasteiger partial charge >= 0.3 is 0 Å². The molecule has 0 atom stereocenters. The van der Waals surface area contributed by atoms with Gasteiger partial charge in [-0.25, -0.2) is 0 Å². The fourth-order valence-electron chi connectivity index (χ4n) is 0. The fourth-order valence-corrected chi connectivity index (χ4v) is 0. The van der Waals surface area contributed by atoms with Crippen molar-refractivity contribution in [2.75, 3.05) is 0 Å². The standard InChI is InChI=1S/Al.BH5Si.Fe.3H/c;1-2;;;;/h;1H2,2H3;;;;. The summed E-state index contributed by atoms with van der Waals surface area (Å²) in [5, 5.41) is 0. The molecular formula is H8AlBFeSi. The van der Waals surface area contributed by atoms with Crippen molar-refractivity contribution in [3.8, 4) is 0 Å². The third-order valence-corrected chi connectivity index (χ3v) is 0. The van der Waals surface area contributed by atoms with Gasteiger partial charge in [0.05, 0.1) is 7.44 Å². The maximum absolute atomic E-state index is 2.14. The molecule has 0 rings (SSSR count). The van der Waals surface area contributed by atoms with E-state index in [1.807, 2.05) is 0 Å². The molecule has 0 fully saturated rings. The van der Waals surface area contributed by atoms with E-state index in [0.717, 1.165) is 0 Å². The molecule has 0 bridgehead atoms. The average Bonchev–Trinajstić information content (AvgIpc) is 1.00. The molecule has 0 unspecified atom stereocenters. The van der Waals surface area contributed by atoms with Crippen LogP contribution < -0.4 is 0 Å². The predicted molar refractivity (Wildman–Crippen MR) is 28.4 cm³/mol. The zero-order valence-electron chi connectivity index (χ0n) is 2.35. The Kier molecular flexibility index (Phi) is 124. The van der Waals surface area contributed by atoms with Crippen LogP contribution in [-0.4, -0.2) is 34.9 Å². The Bertz CT molecular complexity index is 8.00. The maximum atomic E-state index is 2.14. The van der Waals surface area contributed by atoms with Crippen molar-refractivity contribution >= 4 is 34.9 Å². The molecule has 0 saturated heterocycles. The van der Waals surface area contributed by atoms with E-state index >= 15 is 0 Å². The second-order valence-corrected chi connectivity index (χ2v) is 0. The topological polar surface area (TPSA) is 0 Å². The molecule has 0 heterocycles. The molecular weight excluding hydrogens is 122 g/mol. The van der Waals surface area contributed by atoms with E-state index in [1.54, 1.807) is 0 Å². The molecule has 0 radical (unpaired) electrons. The molecule has 0 aromatic heterocycles. The van der Waals surface area contributed by atoms with Crippen molar-refractivity contribution in [2.45, 2.75) is 0 Å². The van der Waals surface area contributed by atoms with Gasteiger partial charge in [-0.1, -0.05) is 0 Å². The van der Waals surface area contributed by atoms with E-state index in [9.17, 15) is 0 Å². The molecule has 0 aliphatic rings. The van der Waals surface area contributed by atoms with Crippen molar-refractivity contribution in [2.24, 2.45) is 0 Å². The van der Waals surface area contributed by atoms with Crippen LogP contribution in [0.25, 0.3) is 0 Å². The second-order valence-electron chi connectivity index (χ2n) is 0. The van der Waals surface area contributed by atoms with Crippen LogP contribution in [0.4, 0.5) is 0 Å². The van der Waals surface area contributed by atoms with Crippen LogP contribution in [0.3, 0.4) is 0 Å². The van der Waals surface area contributed by atoms with Crippen LogP contribution in [0.15, 0.2) is 0 Å². The molecule has 0 amide bonds. The molecule has 0 spiro atoms. The summed E-state index contributed by atoms with van der Waals surface area (Å²) in [5.41, 5.74) is 0. The molecule has 0 aromatic carbocycles. The molecule has 26 valence electrons. The van der Waals surface area contributed by atoms with E-state index in [-0.39, 0.29) is 34.4 Å². The summed E-state index contributed by atoms with van der Waals surface area (Å²) >= 11 is 0. The Balaban J connectivity index is -0.00000000500. The van der Waals surface area contributed by atoms with Gasteiger partial charge in [0.15, 0.2) is 17.4 Å². The second kappa shape index (κ2) is 27.1. The average molecular weight is 130 g/mol. The third kappa shape index (κ3) is 10.2. The van der Waals surface area contributed by atoms with Gasteiger partial charge in [0.2, 0.25) is 0 Å². The summed E-state index contributed by atoms with van der Waals surface area (Å²) in [5.74, 6) is 0. The first-order chi connectivity index (χ1) is 1.00. The van der Waals surface area contributed by atoms with Crippen molar-refractivity contribution in [3.05, 3.63) is 0 Å². The Labute approximate surface area is 52.1 Å². The Morgan fingerprint density at radius 1 is 1.25 bits per heavy atom. The third-order valence-electron chi connectivity index (χ3n) is 0. The zero-order chi connectivity index (χ0) is 2.00. The smallest absolute Gasteiger partial charge is 0.0304 e. The summed E-state index contributed by atoms with van der Waals surface area (Å²) in [6.07, 6.45) is 0. The Hall–Kier alpha value is 1.33. The largest absolute Gasteiger partial charge is 0.187 e. The van der Waals surface area contributed by atoms with E-state index in [1.165, 1.54) is 10.1 Å². The van der Waals surface area contributed by atoms with Gasteiger partial charge in [-0.2, -0.15) is 0 Å². The molecule has 4 heteroatoms. The van der Waals surface area contributed by atoms with Gasteiger partial charge in [-0.15, -0.1) is 0 Å². The quantitative estimate of drug-likeness (QED) is 0.301. The van der Waals surface area contributed by atoms with Crippen molar-refractivity contribution in [3.63, 3.8) is 0 Å². The summed E-state index contributed by atoms with van der Waals surface area (Å²) in [4.78, 5) is 0. The van der Waals surface area contributed by atoms with Crippen molar-refractivity contribution in [1.82, 2.24) is 0 Å². The van der Waals surface area contributed by atoms with Crippen LogP contribution in [0.5, 0.6) is 0 Å². The molecule has 0 N–H and O–H groups in total. The SMILES string of the molecule is B[SiH3].[AlH3].[Fe]. The Morgan fingerprint density at radius 2 is 1.25 bits per heavy atom. The minimum absolute atomic E-state index is 0. The summed E-state index contributed by atoms with van der Waals surface area (Å²) < 4.78 is 0. The first-order valence-electron chi connectivity index (χ1n) is 1.00. The van der Waals surface area contributed by atoms with Crippen LogP contribution >= 0.6 is 0 Å². The molecule has 0 nitrogen and oxygen atoms in total. The summed E-state index contributed by atoms with van der Waals surface area (Å²) in [6, 6.07) is 0. The molecule has 0 aliphatic carbocycles. The van der Waals surface area contributed by atoms with E-state index in [4.69, 9.17) is 0 Å². The van der Waals surface area contributed by atoms with Gasteiger partial charge in [-0.05, 0) is 10.1 Å². The van der Waals surface area contributed by atoms with Crippen LogP contribution in [0, 0.1) is 0 Å². The molecule has 0 aliphatic heterocycles. The normalized spacial score (nSPS) is 2.00. The van der Waals surface area contributed by atoms with Crippen LogP contribution in [0.1, 0.15) is 0 Å². The zero-order valence-corrected chi connectivity index (χ0v) is 5.46. The van der Waals surface area contributed by atoms with Gasteiger partial charge in [0.1, 0.15) is 0 Å². The number of rotatable bonds is 0. The first kappa shape index (κ1) is 18.4. The summed E-state index contributed by atoms with van der Waals surface area (Å²) in [6.45, 7) is 0. The Morgan fingerprint density at radius 3 is 1.25 bits per heavy atom. The van der Waals surface area contributed by atoms with E-state index in [0.29, 0.717) is 0 Å². The number of hydrogen-bond acceptors (Lipinski definition) is 0. The van der Waals surface area contributed by atoms with Gasteiger partial charge in [0, 0.05) is 17.1 Å². The van der Waals surface area contributed by atoms with Crippen molar-refractivity contribution in [1.29, 1.82) is 0 Å². The van der Waals surface area contributed by atoms with Crippen LogP contribution in [0.2, 0.25) is 0 Å². The van der Waals surface area contributed by atoms with Gasteiger partial charge in [0.25, 0.3) is 0 Å². The predicted octanol–water partition coefficient (Wildman–Crippen LogP) is -3.29. The van der Waals surface area contributed by atoms with E-state index in [2.05, 4.69) is 7.44 Å². The number of hydrogen-bond donors (Lipinski definition) is 0.